The van der Waals surface area contributed by atoms with Crippen LogP contribution in [0, 0.1) is 13.8 Å². The molecule has 0 bridgehead atoms. The van der Waals surface area contributed by atoms with Crippen LogP contribution >= 0.6 is 11.8 Å². The zero-order valence-corrected chi connectivity index (χ0v) is 23.7. The Bertz CT molecular complexity index is 2060. The lowest BCUT2D eigenvalue weighted by molar-refractivity contribution is 0.887. The molecule has 0 aliphatic carbocycles. The van der Waals surface area contributed by atoms with E-state index in [1.54, 1.807) is 0 Å². The third-order valence-electron chi connectivity index (χ3n) is 6.93. The van der Waals surface area contributed by atoms with Crippen molar-refractivity contribution in [1.29, 1.82) is 0 Å². The van der Waals surface area contributed by atoms with Crippen LogP contribution in [0.2, 0.25) is 0 Å². The van der Waals surface area contributed by atoms with E-state index in [9.17, 15) is 0 Å². The zero-order chi connectivity index (χ0) is 28.8. The number of para-hydroxylation sites is 1. The van der Waals surface area contributed by atoms with Gasteiger partial charge in [-0.15, -0.1) is 0 Å². The van der Waals surface area contributed by atoms with Gasteiger partial charge < -0.3 is 11.5 Å². The van der Waals surface area contributed by atoms with Gasteiger partial charge in [-0.3, -0.25) is 14.9 Å². The van der Waals surface area contributed by atoms with Gasteiger partial charge in [0.1, 0.15) is 11.4 Å². The van der Waals surface area contributed by atoms with Crippen LogP contribution in [0.3, 0.4) is 0 Å². The monoisotopic (exact) mass is 567 g/mol. The zero-order valence-electron chi connectivity index (χ0n) is 22.9. The van der Waals surface area contributed by atoms with E-state index in [0.717, 1.165) is 60.5 Å². The third kappa shape index (κ3) is 4.77. The number of hydrogen-bond donors (Lipinski definition) is 2. The van der Waals surface area contributed by atoms with Crippen LogP contribution in [-0.2, 0) is 0 Å². The van der Waals surface area contributed by atoms with E-state index < -0.39 is 0 Å². The summed E-state index contributed by atoms with van der Waals surface area (Å²) in [7, 11) is 0. The molecule has 7 rings (SSSR count). The first kappa shape index (κ1) is 25.6. The quantitative estimate of drug-likeness (QED) is 0.226. The fourth-order valence-electron chi connectivity index (χ4n) is 5.04. The van der Waals surface area contributed by atoms with Gasteiger partial charge in [-0.05, 0) is 86.3 Å². The van der Waals surface area contributed by atoms with Crippen LogP contribution in [0.25, 0.3) is 32.7 Å². The lowest BCUT2D eigenvalue weighted by atomic mass is 10.1. The van der Waals surface area contributed by atoms with Crippen molar-refractivity contribution in [2.45, 2.75) is 24.0 Å². The van der Waals surface area contributed by atoms with Crippen molar-refractivity contribution in [3.8, 4) is 0 Å². The molecule has 3 aromatic carbocycles. The van der Waals surface area contributed by atoms with Crippen LogP contribution in [-0.4, -0.2) is 29.9 Å². The summed E-state index contributed by atoms with van der Waals surface area (Å²) in [5, 5.41) is 4.06. The second-order valence-corrected chi connectivity index (χ2v) is 10.9. The van der Waals surface area contributed by atoms with Crippen LogP contribution < -0.4 is 16.4 Å². The predicted octanol–water partition coefficient (Wildman–Crippen LogP) is 6.92. The summed E-state index contributed by atoms with van der Waals surface area (Å²) in [5.74, 6) is 0.435. The Morgan fingerprint density at radius 2 is 1.26 bits per heavy atom. The Hall–Kier alpha value is -5.35. The number of pyridine rings is 3. The summed E-state index contributed by atoms with van der Waals surface area (Å²) in [6, 6.07) is 27.6. The minimum absolute atomic E-state index is 0.435. The largest absolute Gasteiger partial charge is 0.398 e. The van der Waals surface area contributed by atoms with Gasteiger partial charge in [0.15, 0.2) is 5.16 Å². The van der Waals surface area contributed by atoms with E-state index in [1.165, 1.54) is 18.1 Å². The molecule has 0 aliphatic heterocycles. The Labute approximate surface area is 245 Å². The van der Waals surface area contributed by atoms with Crippen molar-refractivity contribution in [2.24, 2.45) is 0 Å². The summed E-state index contributed by atoms with van der Waals surface area (Å²) in [4.78, 5) is 29.9. The number of fused-ring (bicyclic) bond motifs is 3. The third-order valence-corrected chi connectivity index (χ3v) is 7.74. The maximum absolute atomic E-state index is 6.43. The maximum atomic E-state index is 6.43. The first-order chi connectivity index (χ1) is 20.4. The first-order valence-corrected chi connectivity index (χ1v) is 14.1. The smallest absolute Gasteiger partial charge is 0.238 e. The van der Waals surface area contributed by atoms with Crippen molar-refractivity contribution in [2.75, 3.05) is 16.4 Å². The SMILES string of the molecule is Cc1cc(N)c2cc(N(c3ccc4nc(C)cc(N)c4c3)c3ncnc(Sc4ccc5ccccc5n4)n3)ccc2n1. The number of nitrogens with zero attached hydrogens (tertiary/aromatic N) is 7. The molecule has 4 aromatic heterocycles. The van der Waals surface area contributed by atoms with E-state index in [1.807, 2.05) is 104 Å². The lowest BCUT2D eigenvalue weighted by Gasteiger charge is -2.24. The Morgan fingerprint density at radius 3 is 1.93 bits per heavy atom. The average molecular weight is 568 g/mol. The summed E-state index contributed by atoms with van der Waals surface area (Å²) < 4.78 is 0. The Balaban J connectivity index is 1.36. The molecule has 0 spiro atoms. The van der Waals surface area contributed by atoms with Gasteiger partial charge in [-0.2, -0.15) is 4.98 Å². The molecule has 42 heavy (non-hydrogen) atoms. The first-order valence-electron chi connectivity index (χ1n) is 13.3. The molecule has 10 heteroatoms. The summed E-state index contributed by atoms with van der Waals surface area (Å²) >= 11 is 1.38. The molecule has 0 saturated heterocycles. The van der Waals surface area contributed by atoms with Crippen LogP contribution in [0.5, 0.6) is 0 Å². The van der Waals surface area contributed by atoms with Gasteiger partial charge in [0.2, 0.25) is 5.95 Å². The molecule has 9 nitrogen and oxygen atoms in total. The van der Waals surface area contributed by atoms with Crippen molar-refractivity contribution >= 4 is 73.2 Å². The van der Waals surface area contributed by atoms with E-state index in [2.05, 4.69) is 19.9 Å². The normalized spacial score (nSPS) is 11.4. The van der Waals surface area contributed by atoms with Crippen molar-refractivity contribution < 1.29 is 0 Å². The molecule has 0 aliphatic rings. The molecule has 4 N–H and O–H groups in total. The number of benzene rings is 3. The van der Waals surface area contributed by atoms with E-state index in [-0.39, 0.29) is 0 Å². The number of rotatable bonds is 5. The van der Waals surface area contributed by atoms with Gasteiger partial charge in [0.05, 0.1) is 16.6 Å². The molecular weight excluding hydrogens is 542 g/mol. The molecule has 0 saturated carbocycles. The number of aryl methyl sites for hydroxylation is 2. The molecular formula is C32H25N9S. The maximum Gasteiger partial charge on any atom is 0.238 e. The van der Waals surface area contributed by atoms with Gasteiger partial charge in [0, 0.05) is 50.3 Å². The number of nitrogens with two attached hydrogens (primary N) is 2. The fraction of sp³-hybridized carbons (Fsp3) is 0.0625. The standard InChI is InChI=1S/C32H25N9S/c1-18-13-25(33)23-15-21(8-10-28(23)37-18)41(22-9-11-29-24(16-22)26(34)14-19(2)38-29)31-35-17-36-32(40-31)42-30-12-7-20-5-3-4-6-27(20)39-30/h3-17H,1-2H3,(H2,33,37)(H2,34,38). The van der Waals surface area contributed by atoms with E-state index in [0.29, 0.717) is 22.5 Å². The van der Waals surface area contributed by atoms with Gasteiger partial charge >= 0.3 is 0 Å². The van der Waals surface area contributed by atoms with Crippen molar-refractivity contribution in [3.05, 3.63) is 103 Å². The number of aromatic nitrogens is 6. The predicted molar refractivity (Wildman–Crippen MR) is 169 cm³/mol. The van der Waals surface area contributed by atoms with Gasteiger partial charge in [-0.25, -0.2) is 15.0 Å². The molecule has 0 atom stereocenters. The molecule has 0 unspecified atom stereocenters. The van der Waals surface area contributed by atoms with E-state index >= 15 is 0 Å². The van der Waals surface area contributed by atoms with Gasteiger partial charge in [0.25, 0.3) is 0 Å². The van der Waals surface area contributed by atoms with Crippen molar-refractivity contribution in [1.82, 2.24) is 29.9 Å². The molecule has 0 amide bonds. The summed E-state index contributed by atoms with van der Waals surface area (Å²) in [6.45, 7) is 3.86. The molecule has 204 valence electrons. The highest BCUT2D eigenvalue weighted by atomic mass is 32.2. The lowest BCUT2D eigenvalue weighted by Crippen LogP contribution is -2.14. The minimum atomic E-state index is 0.435. The second kappa shape index (κ2) is 10.2. The topological polar surface area (TPSA) is 133 Å². The molecule has 4 heterocycles. The van der Waals surface area contributed by atoms with Gasteiger partial charge in [-0.1, -0.05) is 24.3 Å². The highest BCUT2D eigenvalue weighted by Gasteiger charge is 2.19. The van der Waals surface area contributed by atoms with E-state index in [4.69, 9.17) is 21.4 Å². The Kier molecular flexibility index (Phi) is 6.24. The van der Waals surface area contributed by atoms with Crippen LogP contribution in [0.4, 0.5) is 28.7 Å². The fourth-order valence-corrected chi connectivity index (χ4v) is 5.74. The molecule has 0 fully saturated rings. The highest BCUT2D eigenvalue weighted by molar-refractivity contribution is 7.99. The Morgan fingerprint density at radius 1 is 0.619 bits per heavy atom. The summed E-state index contributed by atoms with van der Waals surface area (Å²) in [5.41, 5.74) is 20.0. The average Bonchev–Trinajstić information content (AvgIpc) is 2.98. The van der Waals surface area contributed by atoms with Crippen molar-refractivity contribution in [3.63, 3.8) is 0 Å². The van der Waals surface area contributed by atoms with Crippen LogP contribution in [0.15, 0.2) is 101 Å². The minimum Gasteiger partial charge on any atom is -0.398 e. The molecule has 0 radical (unpaired) electrons. The number of nitrogen functional groups attached to an aromatic ring is 2. The summed E-state index contributed by atoms with van der Waals surface area (Å²) in [6.07, 6.45) is 1.51. The molecule has 7 aromatic rings. The number of hydrogen-bond acceptors (Lipinski definition) is 10. The van der Waals surface area contributed by atoms with Crippen LogP contribution in [0.1, 0.15) is 11.4 Å². The number of anilines is 5. The second-order valence-electron chi connectivity index (χ2n) is 9.96. The highest BCUT2D eigenvalue weighted by Crippen LogP contribution is 2.38.